The molecule has 0 heterocycles. The van der Waals surface area contributed by atoms with Crippen LogP contribution in [0.3, 0.4) is 0 Å². The van der Waals surface area contributed by atoms with Crippen LogP contribution in [0, 0.1) is 5.92 Å². The van der Waals surface area contributed by atoms with E-state index in [1.807, 2.05) is 12.1 Å². The smallest absolute Gasteiger partial charge is 0.265 e. The van der Waals surface area contributed by atoms with Gasteiger partial charge in [0, 0.05) is 12.2 Å². The number of carbonyl (C=O) groups is 1. The number of benzene rings is 1. The molecule has 0 aromatic heterocycles. The molecule has 3 N–H and O–H groups in total. The monoisotopic (exact) mass is 248 g/mol. The van der Waals surface area contributed by atoms with Crippen molar-refractivity contribution in [2.24, 2.45) is 11.8 Å². The predicted molar refractivity (Wildman–Crippen MR) is 69.7 cm³/mol. The average molecular weight is 248 g/mol. The molecule has 1 fully saturated rings. The Morgan fingerprint density at radius 2 is 2.06 bits per heavy atom. The number of nitrogens with two attached hydrogens (primary N) is 1. The van der Waals surface area contributed by atoms with Gasteiger partial charge in [-0.05, 0) is 30.0 Å². The van der Waals surface area contributed by atoms with Crippen molar-refractivity contribution in [3.8, 4) is 0 Å². The van der Waals surface area contributed by atoms with Crippen LogP contribution in [-0.4, -0.2) is 12.5 Å². The third-order valence-corrected chi connectivity index (χ3v) is 3.51. The third-order valence-electron chi connectivity index (χ3n) is 3.51. The molecule has 1 aromatic carbocycles. The zero-order chi connectivity index (χ0) is 12.8. The highest BCUT2D eigenvalue weighted by atomic mass is 16.5. The molecule has 1 aliphatic rings. The summed E-state index contributed by atoms with van der Waals surface area (Å²) >= 11 is 0. The second-order valence-corrected chi connectivity index (χ2v) is 4.81. The lowest BCUT2D eigenvalue weighted by Gasteiger charge is -2.24. The van der Waals surface area contributed by atoms with Crippen molar-refractivity contribution < 1.29 is 9.53 Å². The molecule has 1 aliphatic carbocycles. The van der Waals surface area contributed by atoms with Gasteiger partial charge in [0.2, 0.25) is 0 Å². The van der Waals surface area contributed by atoms with Gasteiger partial charge in [-0.2, -0.15) is 0 Å². The van der Waals surface area contributed by atoms with Gasteiger partial charge in [0.05, 0.1) is 6.61 Å². The molecule has 0 aliphatic heterocycles. The van der Waals surface area contributed by atoms with Gasteiger partial charge in [-0.15, -0.1) is 0 Å². The van der Waals surface area contributed by atoms with Crippen LogP contribution in [0.1, 0.15) is 41.6 Å². The quantitative estimate of drug-likeness (QED) is 0.350. The maximum Gasteiger partial charge on any atom is 0.265 e. The minimum absolute atomic E-state index is 0.271. The molecule has 1 saturated carbocycles. The topological polar surface area (TPSA) is 64.3 Å². The van der Waals surface area contributed by atoms with Crippen LogP contribution in [0.25, 0.3) is 0 Å². The van der Waals surface area contributed by atoms with Crippen molar-refractivity contribution in [1.29, 1.82) is 0 Å². The van der Waals surface area contributed by atoms with Gasteiger partial charge in [0.25, 0.3) is 5.91 Å². The molecular formula is C14H20N2O2. The number of ether oxygens (including phenoxy) is 1. The molecule has 4 heteroatoms. The van der Waals surface area contributed by atoms with Crippen LogP contribution in [0.2, 0.25) is 0 Å². The van der Waals surface area contributed by atoms with Crippen molar-refractivity contribution in [2.75, 3.05) is 6.61 Å². The highest BCUT2D eigenvalue weighted by Crippen LogP contribution is 2.29. The summed E-state index contributed by atoms with van der Waals surface area (Å²) in [6.07, 6.45) is 5.29. The molecule has 0 unspecified atom stereocenters. The van der Waals surface area contributed by atoms with Crippen LogP contribution >= 0.6 is 0 Å². The number of carbonyl (C=O) groups excluding carboxylic acids is 1. The van der Waals surface area contributed by atoms with E-state index >= 15 is 0 Å². The van der Waals surface area contributed by atoms with Crippen molar-refractivity contribution >= 4 is 5.91 Å². The van der Waals surface area contributed by atoms with Gasteiger partial charge < -0.3 is 4.74 Å². The van der Waals surface area contributed by atoms with E-state index < -0.39 is 0 Å². The number of hydrazine groups is 1. The zero-order valence-corrected chi connectivity index (χ0v) is 10.5. The second kappa shape index (κ2) is 6.52. The highest BCUT2D eigenvalue weighted by Gasteiger charge is 2.16. The van der Waals surface area contributed by atoms with Gasteiger partial charge in [-0.3, -0.25) is 10.2 Å². The average Bonchev–Trinajstić information content (AvgIpc) is 2.36. The molecule has 0 radical (unpaired) electrons. The van der Waals surface area contributed by atoms with E-state index in [1.165, 1.54) is 25.7 Å². The number of hydrogen-bond donors (Lipinski definition) is 2. The fraction of sp³-hybridized carbons (Fsp3) is 0.500. The molecule has 4 nitrogen and oxygen atoms in total. The summed E-state index contributed by atoms with van der Waals surface area (Å²) in [4.78, 5) is 11.2. The first-order valence-electron chi connectivity index (χ1n) is 6.47. The summed E-state index contributed by atoms with van der Waals surface area (Å²) in [5.74, 6) is 5.68. The first-order valence-corrected chi connectivity index (χ1v) is 6.47. The van der Waals surface area contributed by atoms with Gasteiger partial charge in [0.15, 0.2) is 0 Å². The number of nitrogen functional groups attached to an aromatic ring is 1. The van der Waals surface area contributed by atoms with E-state index in [-0.39, 0.29) is 5.91 Å². The molecule has 0 saturated heterocycles. The van der Waals surface area contributed by atoms with Gasteiger partial charge in [-0.25, -0.2) is 5.84 Å². The lowest BCUT2D eigenvalue weighted by molar-refractivity contribution is 0.0941. The maximum absolute atomic E-state index is 11.2. The Bertz CT molecular complexity index is 385. The summed E-state index contributed by atoms with van der Waals surface area (Å²) in [6, 6.07) is 7.31. The molecular weight excluding hydrogens is 228 g/mol. The van der Waals surface area contributed by atoms with Crippen LogP contribution in [0.4, 0.5) is 0 Å². The van der Waals surface area contributed by atoms with Crippen molar-refractivity contribution in [1.82, 2.24) is 5.43 Å². The molecule has 18 heavy (non-hydrogen) atoms. The lowest BCUT2D eigenvalue weighted by atomic mass is 9.83. The summed E-state index contributed by atoms with van der Waals surface area (Å²) in [6.45, 7) is 1.44. The summed E-state index contributed by atoms with van der Waals surface area (Å²) in [5, 5.41) is 0. The Balaban J connectivity index is 1.70. The number of rotatable bonds is 6. The maximum atomic E-state index is 11.2. The number of amides is 1. The molecule has 0 atom stereocenters. The van der Waals surface area contributed by atoms with Gasteiger partial charge >= 0.3 is 0 Å². The number of hydrogen-bond acceptors (Lipinski definition) is 3. The molecule has 98 valence electrons. The van der Waals surface area contributed by atoms with Crippen molar-refractivity contribution in [3.05, 3.63) is 35.4 Å². The molecule has 1 amide bonds. The minimum Gasteiger partial charge on any atom is -0.377 e. The van der Waals surface area contributed by atoms with Crippen LogP contribution in [0.5, 0.6) is 0 Å². The lowest BCUT2D eigenvalue weighted by Crippen LogP contribution is -2.29. The summed E-state index contributed by atoms with van der Waals surface area (Å²) in [5.41, 5.74) is 3.75. The van der Waals surface area contributed by atoms with Crippen molar-refractivity contribution in [2.45, 2.75) is 32.3 Å². The van der Waals surface area contributed by atoms with E-state index in [2.05, 4.69) is 5.43 Å². The zero-order valence-electron chi connectivity index (χ0n) is 10.5. The first kappa shape index (κ1) is 13.1. The minimum atomic E-state index is -0.271. The van der Waals surface area contributed by atoms with E-state index in [4.69, 9.17) is 10.6 Å². The Labute approximate surface area is 107 Å². The fourth-order valence-electron chi connectivity index (χ4n) is 2.06. The van der Waals surface area contributed by atoms with E-state index in [1.54, 1.807) is 12.1 Å². The summed E-state index contributed by atoms with van der Waals surface area (Å²) in [7, 11) is 0. The second-order valence-electron chi connectivity index (χ2n) is 4.81. The Kier molecular flexibility index (Phi) is 4.73. The third kappa shape index (κ3) is 3.55. The Hall–Kier alpha value is -1.39. The fourth-order valence-corrected chi connectivity index (χ4v) is 2.06. The Morgan fingerprint density at radius 3 is 2.61 bits per heavy atom. The molecule has 1 aromatic rings. The molecule has 0 bridgehead atoms. The summed E-state index contributed by atoms with van der Waals surface area (Å²) < 4.78 is 5.63. The van der Waals surface area contributed by atoms with Crippen LogP contribution < -0.4 is 11.3 Å². The van der Waals surface area contributed by atoms with Gasteiger partial charge in [-0.1, -0.05) is 31.4 Å². The van der Waals surface area contributed by atoms with E-state index in [0.29, 0.717) is 12.2 Å². The van der Waals surface area contributed by atoms with E-state index in [0.717, 1.165) is 18.1 Å². The van der Waals surface area contributed by atoms with Gasteiger partial charge in [0.1, 0.15) is 0 Å². The number of nitrogens with one attached hydrogen (secondary N) is 1. The molecule has 2 rings (SSSR count). The Morgan fingerprint density at radius 1 is 1.33 bits per heavy atom. The normalized spacial score (nSPS) is 15.2. The standard InChI is InChI=1S/C14H20N2O2/c15-16-14(17)13-6-4-12(5-7-13)10-18-9-8-11-2-1-3-11/h4-7,11H,1-3,8-10,15H2,(H,16,17). The SMILES string of the molecule is NNC(=O)c1ccc(COCCC2CCC2)cc1. The first-order chi connectivity index (χ1) is 8.79. The van der Waals surface area contributed by atoms with E-state index in [9.17, 15) is 4.79 Å². The molecule has 0 spiro atoms. The van der Waals surface area contributed by atoms with Crippen LogP contribution in [0.15, 0.2) is 24.3 Å². The van der Waals surface area contributed by atoms with Crippen molar-refractivity contribution in [3.63, 3.8) is 0 Å². The predicted octanol–water partition coefficient (Wildman–Crippen LogP) is 2.00. The highest BCUT2D eigenvalue weighted by molar-refractivity contribution is 5.93. The largest absolute Gasteiger partial charge is 0.377 e. The van der Waals surface area contributed by atoms with Crippen LogP contribution in [-0.2, 0) is 11.3 Å².